The first-order valence-corrected chi connectivity index (χ1v) is 24.7. The second-order valence-corrected chi connectivity index (χ2v) is 19.4. The van der Waals surface area contributed by atoms with Crippen LogP contribution in [0.4, 0.5) is 17.1 Å². The fraction of sp³-hybridized carbons (Fsp3) is 0.0294. The summed E-state index contributed by atoms with van der Waals surface area (Å²) in [5.74, 6) is 3.37. The van der Waals surface area contributed by atoms with Crippen LogP contribution < -0.4 is 14.4 Å². The summed E-state index contributed by atoms with van der Waals surface area (Å²) < 4.78 is 20.8. The highest BCUT2D eigenvalue weighted by Gasteiger charge is 2.53. The first-order chi connectivity index (χ1) is 35.7. The van der Waals surface area contributed by atoms with Gasteiger partial charge in [0.1, 0.15) is 34.2 Å². The number of para-hydroxylation sites is 2. The molecular weight excluding hydrogens is 879 g/mol. The van der Waals surface area contributed by atoms with Gasteiger partial charge >= 0.3 is 0 Å². The molecule has 0 saturated carbocycles. The van der Waals surface area contributed by atoms with E-state index < -0.39 is 10.8 Å². The maximum absolute atomic E-state index is 7.13. The van der Waals surface area contributed by atoms with Gasteiger partial charge in [-0.1, -0.05) is 176 Å². The van der Waals surface area contributed by atoms with Crippen LogP contribution in [0.1, 0.15) is 44.5 Å². The molecule has 0 saturated heterocycles. The number of benzene rings is 11. The number of nitrogens with zero attached hydrogens (tertiary/aromatic N) is 1. The third-order valence-corrected chi connectivity index (χ3v) is 16.0. The lowest BCUT2D eigenvalue weighted by atomic mass is 9.65. The molecule has 4 aliphatic rings. The largest absolute Gasteiger partial charge is 0.457 e. The van der Waals surface area contributed by atoms with Crippen LogP contribution in [0.15, 0.2) is 253 Å². The first-order valence-electron chi connectivity index (χ1n) is 24.7. The van der Waals surface area contributed by atoms with E-state index in [9.17, 15) is 0 Å². The second kappa shape index (κ2) is 14.6. The fourth-order valence-corrected chi connectivity index (χ4v) is 13.2. The minimum absolute atomic E-state index is 0.654. The normalized spacial score (nSPS) is 14.3. The summed E-state index contributed by atoms with van der Waals surface area (Å²) in [5.41, 5.74) is 19.9. The Kier molecular flexibility index (Phi) is 7.99. The number of ether oxygens (including phenoxy) is 2. The van der Waals surface area contributed by atoms with Gasteiger partial charge in [0, 0.05) is 39.0 Å². The van der Waals surface area contributed by atoms with Gasteiger partial charge in [0.2, 0.25) is 0 Å². The van der Waals surface area contributed by atoms with Crippen LogP contribution in [0.3, 0.4) is 0 Å². The number of anilines is 3. The van der Waals surface area contributed by atoms with E-state index >= 15 is 0 Å². The monoisotopic (exact) mass is 919 g/mol. The molecule has 16 rings (SSSR count). The minimum atomic E-state index is -0.717. The van der Waals surface area contributed by atoms with Crippen molar-refractivity contribution < 1.29 is 13.9 Å². The molecule has 336 valence electrons. The molecule has 2 aliphatic carbocycles. The quantitative estimate of drug-likeness (QED) is 0.176. The lowest BCUT2D eigenvalue weighted by Gasteiger charge is -2.41. The summed E-state index contributed by atoms with van der Waals surface area (Å²) in [6, 6.07) is 90.1. The van der Waals surface area contributed by atoms with Gasteiger partial charge < -0.3 is 18.8 Å². The van der Waals surface area contributed by atoms with Crippen molar-refractivity contribution in [2.45, 2.75) is 10.8 Å². The molecule has 0 amide bonds. The zero-order chi connectivity index (χ0) is 47.1. The smallest absolute Gasteiger partial charge is 0.137 e. The lowest BCUT2D eigenvalue weighted by molar-refractivity contribution is 0.436. The Hall–Kier alpha value is -9.38. The number of hydrogen-bond donors (Lipinski definition) is 0. The van der Waals surface area contributed by atoms with Gasteiger partial charge in [0.05, 0.1) is 21.9 Å². The molecule has 12 aromatic rings. The molecule has 0 bridgehead atoms. The molecular formula is C68H41NO3. The zero-order valence-electron chi connectivity index (χ0n) is 38.8. The Morgan fingerprint density at radius 1 is 0.292 bits per heavy atom. The molecule has 0 unspecified atom stereocenters. The number of furan rings is 1. The van der Waals surface area contributed by atoms with Crippen LogP contribution in [-0.2, 0) is 10.8 Å². The average Bonchev–Trinajstić information content (AvgIpc) is 4.07. The molecule has 4 nitrogen and oxygen atoms in total. The minimum Gasteiger partial charge on any atom is -0.457 e. The van der Waals surface area contributed by atoms with Crippen LogP contribution in [0.25, 0.3) is 55.3 Å². The molecule has 4 heteroatoms. The Morgan fingerprint density at radius 3 is 1.33 bits per heavy atom. The van der Waals surface area contributed by atoms with Crippen molar-refractivity contribution in [2.75, 3.05) is 4.90 Å². The Labute approximate surface area is 416 Å². The molecule has 2 aliphatic heterocycles. The topological polar surface area (TPSA) is 34.8 Å². The van der Waals surface area contributed by atoms with Crippen molar-refractivity contribution in [1.29, 1.82) is 0 Å². The summed E-state index contributed by atoms with van der Waals surface area (Å²) in [7, 11) is 0. The molecule has 1 aromatic heterocycles. The van der Waals surface area contributed by atoms with Crippen molar-refractivity contribution in [3.63, 3.8) is 0 Å². The molecule has 2 spiro atoms. The molecule has 11 aromatic carbocycles. The maximum Gasteiger partial charge on any atom is 0.137 e. The van der Waals surface area contributed by atoms with Gasteiger partial charge in [0.15, 0.2) is 0 Å². The van der Waals surface area contributed by atoms with E-state index in [4.69, 9.17) is 13.9 Å². The van der Waals surface area contributed by atoms with Gasteiger partial charge in [-0.25, -0.2) is 0 Å². The molecule has 0 atom stereocenters. The highest BCUT2D eigenvalue weighted by molar-refractivity contribution is 6.13. The maximum atomic E-state index is 7.13. The molecule has 0 fully saturated rings. The van der Waals surface area contributed by atoms with Crippen LogP contribution in [0, 0.1) is 0 Å². The lowest BCUT2D eigenvalue weighted by Crippen LogP contribution is -2.33. The van der Waals surface area contributed by atoms with Gasteiger partial charge in [-0.15, -0.1) is 0 Å². The van der Waals surface area contributed by atoms with Crippen molar-refractivity contribution in [3.05, 3.63) is 293 Å². The SMILES string of the molecule is c1ccc(-c2ccc3c(c2)C2(c4cc(N(c5ccc6c(c5)C5(c7ccccc7O6)c6ccccc6-c6ccccc65)c5cccc6oc7ccccc7c56)ccc4O3)c3ccccc3-c3ccccc32)cc1. The summed E-state index contributed by atoms with van der Waals surface area (Å²) in [6.45, 7) is 0. The standard InChI is InChI=1S/C68H41NO3/c1-2-17-42(18-3-1)43-33-36-62-56(39-43)68(53-26-11-6-21-48(53)49-22-7-12-27-54(49)68)58-41-45(35-38-64(58)72-62)69(59-29-16-32-65-66(59)50-23-8-14-30-60(50)70-65)44-34-37-63-57(40-44)67(55-28-13-15-31-61(55)71-63)51-24-9-4-19-46(51)47-20-5-10-25-52(47)67/h1-41H. The van der Waals surface area contributed by atoms with Gasteiger partial charge in [0.25, 0.3) is 0 Å². The summed E-state index contributed by atoms with van der Waals surface area (Å²) in [4.78, 5) is 2.43. The Morgan fingerprint density at radius 2 is 0.736 bits per heavy atom. The zero-order valence-corrected chi connectivity index (χ0v) is 38.8. The Balaban J connectivity index is 0.998. The summed E-state index contributed by atoms with van der Waals surface area (Å²) in [6.07, 6.45) is 0. The average molecular weight is 920 g/mol. The van der Waals surface area contributed by atoms with Crippen LogP contribution in [-0.4, -0.2) is 0 Å². The summed E-state index contributed by atoms with van der Waals surface area (Å²) in [5, 5.41) is 2.09. The highest BCUT2D eigenvalue weighted by Crippen LogP contribution is 2.65. The van der Waals surface area contributed by atoms with E-state index in [-0.39, 0.29) is 0 Å². The second-order valence-electron chi connectivity index (χ2n) is 19.4. The molecule has 3 heterocycles. The van der Waals surface area contributed by atoms with E-state index in [0.29, 0.717) is 0 Å². The summed E-state index contributed by atoms with van der Waals surface area (Å²) >= 11 is 0. The first kappa shape index (κ1) is 39.5. The van der Waals surface area contributed by atoms with E-state index in [1.54, 1.807) is 0 Å². The van der Waals surface area contributed by atoms with Crippen molar-refractivity contribution in [3.8, 4) is 56.4 Å². The van der Waals surface area contributed by atoms with Crippen LogP contribution >= 0.6 is 0 Å². The molecule has 0 N–H and O–H groups in total. The fourth-order valence-electron chi connectivity index (χ4n) is 13.2. The predicted octanol–water partition coefficient (Wildman–Crippen LogP) is 17.7. The highest BCUT2D eigenvalue weighted by atomic mass is 16.5. The van der Waals surface area contributed by atoms with Gasteiger partial charge in [-0.2, -0.15) is 0 Å². The molecule has 72 heavy (non-hydrogen) atoms. The van der Waals surface area contributed by atoms with Crippen LogP contribution in [0.5, 0.6) is 23.0 Å². The van der Waals surface area contributed by atoms with E-state index in [1.807, 2.05) is 6.07 Å². The third-order valence-electron chi connectivity index (χ3n) is 16.0. The van der Waals surface area contributed by atoms with Crippen molar-refractivity contribution >= 4 is 39.0 Å². The van der Waals surface area contributed by atoms with E-state index in [0.717, 1.165) is 95.4 Å². The number of rotatable bonds is 4. The van der Waals surface area contributed by atoms with Gasteiger partial charge in [-0.3, -0.25) is 0 Å². The van der Waals surface area contributed by atoms with Crippen molar-refractivity contribution in [2.24, 2.45) is 0 Å². The number of fused-ring (bicyclic) bond motifs is 21. The van der Waals surface area contributed by atoms with E-state index in [2.05, 4.69) is 248 Å². The Bertz CT molecular complexity index is 4170. The number of hydrogen-bond acceptors (Lipinski definition) is 4. The third kappa shape index (κ3) is 5.10. The van der Waals surface area contributed by atoms with Crippen molar-refractivity contribution in [1.82, 2.24) is 0 Å². The predicted molar refractivity (Wildman–Crippen MR) is 289 cm³/mol. The van der Waals surface area contributed by atoms with Gasteiger partial charge in [-0.05, 0) is 128 Å². The molecule has 0 radical (unpaired) electrons. The van der Waals surface area contributed by atoms with E-state index in [1.165, 1.54) is 44.5 Å². The van der Waals surface area contributed by atoms with Crippen LogP contribution in [0.2, 0.25) is 0 Å².